The number of carbonyl (C=O) groups excluding carboxylic acids is 3. The smallest absolute Gasteiger partial charge is 0.338 e. The largest absolute Gasteiger partial charge is 0.483 e. The number of H-pyrrole nitrogens is 1. The Balaban J connectivity index is 1.94. The van der Waals surface area contributed by atoms with Crippen molar-refractivity contribution in [3.05, 3.63) is 64.8 Å². The van der Waals surface area contributed by atoms with Gasteiger partial charge in [-0.1, -0.05) is 18.2 Å². The highest BCUT2D eigenvalue weighted by Gasteiger charge is 2.24. The Morgan fingerprint density at radius 3 is 2.10 bits per heavy atom. The van der Waals surface area contributed by atoms with Crippen LogP contribution in [0.3, 0.4) is 0 Å². The van der Waals surface area contributed by atoms with Crippen LogP contribution in [0, 0.1) is 6.92 Å². The second-order valence-electron chi connectivity index (χ2n) is 6.52. The number of aromatic amines is 1. The minimum Gasteiger partial charge on any atom is -0.483 e. The van der Waals surface area contributed by atoms with Gasteiger partial charge in [0.25, 0.3) is 0 Å². The SMILES string of the molecule is COC(=O)c1cc(O[C@H](C)C(=O)c2c(C)[nH]c3ccccc23)cc(C(=O)OC)c1. The fraction of sp³-hybridized carbons (Fsp3) is 0.227. The average Bonchev–Trinajstić information content (AvgIpc) is 3.07. The topological polar surface area (TPSA) is 94.7 Å². The van der Waals surface area contributed by atoms with E-state index in [9.17, 15) is 14.4 Å². The molecule has 0 bridgehead atoms. The molecule has 1 N–H and O–H groups in total. The summed E-state index contributed by atoms with van der Waals surface area (Å²) in [6.07, 6.45) is -0.855. The van der Waals surface area contributed by atoms with Gasteiger partial charge in [-0.2, -0.15) is 0 Å². The van der Waals surface area contributed by atoms with E-state index >= 15 is 0 Å². The number of rotatable bonds is 6. The summed E-state index contributed by atoms with van der Waals surface area (Å²) in [5.74, 6) is -1.30. The van der Waals surface area contributed by atoms with Crippen molar-refractivity contribution in [2.45, 2.75) is 20.0 Å². The van der Waals surface area contributed by atoms with Gasteiger partial charge in [0.1, 0.15) is 5.75 Å². The first kappa shape index (κ1) is 20.1. The molecule has 0 radical (unpaired) electrons. The molecule has 2 aromatic carbocycles. The number of benzene rings is 2. The number of aromatic nitrogens is 1. The van der Waals surface area contributed by atoms with Gasteiger partial charge in [-0.25, -0.2) is 9.59 Å². The second kappa shape index (κ2) is 8.18. The zero-order chi connectivity index (χ0) is 21.1. The van der Waals surface area contributed by atoms with Crippen LogP contribution in [0.1, 0.15) is 43.7 Å². The van der Waals surface area contributed by atoms with Crippen molar-refractivity contribution in [2.24, 2.45) is 0 Å². The summed E-state index contributed by atoms with van der Waals surface area (Å²) < 4.78 is 15.2. The summed E-state index contributed by atoms with van der Waals surface area (Å²) in [5.41, 5.74) is 2.39. The molecule has 3 rings (SSSR count). The first-order chi connectivity index (χ1) is 13.8. The van der Waals surface area contributed by atoms with E-state index in [0.717, 1.165) is 16.6 Å². The Morgan fingerprint density at radius 2 is 1.52 bits per heavy atom. The molecule has 7 heteroatoms. The van der Waals surface area contributed by atoms with Gasteiger partial charge in [0, 0.05) is 22.2 Å². The summed E-state index contributed by atoms with van der Waals surface area (Å²) in [6, 6.07) is 11.7. The number of hydrogen-bond acceptors (Lipinski definition) is 6. The molecule has 1 atom stereocenters. The van der Waals surface area contributed by atoms with Gasteiger partial charge >= 0.3 is 11.9 Å². The van der Waals surface area contributed by atoms with E-state index in [1.54, 1.807) is 6.92 Å². The van der Waals surface area contributed by atoms with Crippen LogP contribution < -0.4 is 4.74 Å². The van der Waals surface area contributed by atoms with Crippen molar-refractivity contribution in [1.82, 2.24) is 4.98 Å². The fourth-order valence-corrected chi connectivity index (χ4v) is 3.19. The quantitative estimate of drug-likeness (QED) is 0.505. The number of hydrogen-bond donors (Lipinski definition) is 1. The lowest BCUT2D eigenvalue weighted by atomic mass is 10.0. The number of nitrogens with one attached hydrogen (secondary N) is 1. The number of Topliss-reactive ketones (excluding diaryl/α,β-unsaturated/α-hetero) is 1. The van der Waals surface area contributed by atoms with E-state index in [-0.39, 0.29) is 22.7 Å². The molecule has 7 nitrogen and oxygen atoms in total. The number of carbonyl (C=O) groups is 3. The molecule has 0 saturated carbocycles. The molecule has 0 amide bonds. The van der Waals surface area contributed by atoms with Crippen LogP contribution in [0.15, 0.2) is 42.5 Å². The minimum atomic E-state index is -0.855. The summed E-state index contributed by atoms with van der Waals surface area (Å²) >= 11 is 0. The molecule has 3 aromatic rings. The Labute approximate surface area is 167 Å². The van der Waals surface area contributed by atoms with Crippen molar-refractivity contribution in [1.29, 1.82) is 0 Å². The van der Waals surface area contributed by atoms with Crippen molar-refractivity contribution in [2.75, 3.05) is 14.2 Å². The predicted octanol–water partition coefficient (Wildman–Crippen LogP) is 3.70. The molecule has 0 saturated heterocycles. The Kier molecular flexibility index (Phi) is 5.68. The van der Waals surface area contributed by atoms with Crippen molar-refractivity contribution < 1.29 is 28.6 Å². The average molecular weight is 395 g/mol. The van der Waals surface area contributed by atoms with Crippen LogP contribution in [0.4, 0.5) is 0 Å². The highest BCUT2D eigenvalue weighted by Crippen LogP contribution is 2.26. The summed E-state index contributed by atoms with van der Waals surface area (Å²) in [4.78, 5) is 40.1. The third-order valence-corrected chi connectivity index (χ3v) is 4.57. The standard InChI is InChI=1S/C22H21NO6/c1-12-19(17-7-5-6-8-18(17)23-12)20(24)13(2)29-16-10-14(21(25)27-3)9-15(11-16)22(26)28-4/h5-11,13,23H,1-4H3/t13-/m1/s1. The molecule has 0 aliphatic carbocycles. The van der Waals surface area contributed by atoms with Gasteiger partial charge in [-0.05, 0) is 38.1 Å². The highest BCUT2D eigenvalue weighted by atomic mass is 16.5. The maximum Gasteiger partial charge on any atom is 0.338 e. The summed E-state index contributed by atoms with van der Waals surface area (Å²) in [7, 11) is 2.47. The molecule has 29 heavy (non-hydrogen) atoms. The highest BCUT2D eigenvalue weighted by molar-refractivity contribution is 6.11. The van der Waals surface area contributed by atoms with Crippen LogP contribution in [0.5, 0.6) is 5.75 Å². The molecular weight excluding hydrogens is 374 g/mol. The lowest BCUT2D eigenvalue weighted by Crippen LogP contribution is -2.24. The van der Waals surface area contributed by atoms with E-state index in [4.69, 9.17) is 14.2 Å². The molecule has 0 spiro atoms. The van der Waals surface area contributed by atoms with Crippen LogP contribution in [-0.2, 0) is 9.47 Å². The summed E-state index contributed by atoms with van der Waals surface area (Å²) in [6.45, 7) is 3.44. The van der Waals surface area contributed by atoms with Gasteiger partial charge in [0.2, 0.25) is 5.78 Å². The zero-order valence-corrected chi connectivity index (χ0v) is 16.6. The number of ketones is 1. The normalized spacial score (nSPS) is 11.7. The van der Waals surface area contributed by atoms with Gasteiger partial charge in [-0.15, -0.1) is 0 Å². The molecule has 0 unspecified atom stereocenters. The van der Waals surface area contributed by atoms with Gasteiger partial charge < -0.3 is 19.2 Å². The van der Waals surface area contributed by atoms with E-state index in [0.29, 0.717) is 5.56 Å². The summed E-state index contributed by atoms with van der Waals surface area (Å²) in [5, 5.41) is 0.809. The van der Waals surface area contributed by atoms with Crippen LogP contribution in [0.2, 0.25) is 0 Å². The van der Waals surface area contributed by atoms with Crippen molar-refractivity contribution in [3.8, 4) is 5.75 Å². The molecule has 0 aliphatic rings. The molecular formula is C22H21NO6. The van der Waals surface area contributed by atoms with Gasteiger partial charge in [0.05, 0.1) is 25.3 Å². The Morgan fingerprint density at radius 1 is 0.931 bits per heavy atom. The maximum atomic E-state index is 13.1. The maximum absolute atomic E-state index is 13.1. The molecule has 1 heterocycles. The number of fused-ring (bicyclic) bond motifs is 1. The van der Waals surface area contributed by atoms with Crippen LogP contribution >= 0.6 is 0 Å². The van der Waals surface area contributed by atoms with Crippen LogP contribution in [-0.4, -0.2) is 43.0 Å². The minimum absolute atomic E-state index is 0.119. The van der Waals surface area contributed by atoms with Gasteiger partial charge in [0.15, 0.2) is 6.10 Å². The van der Waals surface area contributed by atoms with Gasteiger partial charge in [-0.3, -0.25) is 4.79 Å². The monoisotopic (exact) mass is 395 g/mol. The third kappa shape index (κ3) is 3.99. The lowest BCUT2D eigenvalue weighted by molar-refractivity contribution is 0.0598. The van der Waals surface area contributed by atoms with Crippen LogP contribution in [0.25, 0.3) is 10.9 Å². The number of para-hydroxylation sites is 1. The molecule has 150 valence electrons. The Bertz CT molecular complexity index is 1060. The number of methoxy groups -OCH3 is 2. The van der Waals surface area contributed by atoms with Crippen molar-refractivity contribution in [3.63, 3.8) is 0 Å². The predicted molar refractivity (Wildman–Crippen MR) is 107 cm³/mol. The third-order valence-electron chi connectivity index (χ3n) is 4.57. The van der Waals surface area contributed by atoms with E-state index in [2.05, 4.69) is 4.98 Å². The number of ether oxygens (including phenoxy) is 3. The molecule has 0 aliphatic heterocycles. The van der Waals surface area contributed by atoms with Crippen molar-refractivity contribution >= 4 is 28.6 Å². The van der Waals surface area contributed by atoms with E-state index in [1.807, 2.05) is 31.2 Å². The second-order valence-corrected chi connectivity index (χ2v) is 6.52. The van der Waals surface area contributed by atoms with E-state index in [1.165, 1.54) is 32.4 Å². The fourth-order valence-electron chi connectivity index (χ4n) is 3.19. The number of aryl methyl sites for hydroxylation is 1. The molecule has 1 aromatic heterocycles. The Hall–Kier alpha value is -3.61. The zero-order valence-electron chi connectivity index (χ0n) is 16.6. The lowest BCUT2D eigenvalue weighted by Gasteiger charge is -2.15. The molecule has 0 fully saturated rings. The first-order valence-electron chi connectivity index (χ1n) is 8.95. The first-order valence-corrected chi connectivity index (χ1v) is 8.95. The van der Waals surface area contributed by atoms with E-state index < -0.39 is 18.0 Å². The number of esters is 2.